The molecule has 1 heterocycles. The Labute approximate surface area is 164 Å². The topological polar surface area (TPSA) is 68.3 Å². The molecular formula is C21H28N2O3S. The van der Waals surface area contributed by atoms with Crippen LogP contribution in [0.15, 0.2) is 24.3 Å². The Morgan fingerprint density at radius 1 is 1.26 bits per heavy atom. The third-order valence-electron chi connectivity index (χ3n) is 5.40. The maximum absolute atomic E-state index is 12.7. The lowest BCUT2D eigenvalue weighted by Crippen LogP contribution is -2.45. The van der Waals surface area contributed by atoms with Gasteiger partial charge in [0.2, 0.25) is 0 Å². The number of carbonyl (C=O) groups excluding carboxylic acids is 2. The van der Waals surface area contributed by atoms with Gasteiger partial charge in [0.05, 0.1) is 21.1 Å². The van der Waals surface area contributed by atoms with E-state index in [1.807, 2.05) is 39.0 Å². The minimum Gasteiger partial charge on any atom is -0.455 e. The fraction of sp³-hybridized carbons (Fsp3) is 0.571. The third-order valence-corrected chi connectivity index (χ3v) is 6.57. The summed E-state index contributed by atoms with van der Waals surface area (Å²) < 4.78 is 6.53. The summed E-state index contributed by atoms with van der Waals surface area (Å²) in [6.07, 6.45) is 4.65. The lowest BCUT2D eigenvalue weighted by molar-refractivity contribution is -0.154. The predicted molar refractivity (Wildman–Crippen MR) is 108 cm³/mol. The van der Waals surface area contributed by atoms with Crippen LogP contribution >= 0.6 is 11.3 Å². The Bertz CT molecular complexity index is 782. The number of hydrogen-bond donors (Lipinski definition) is 1. The molecular weight excluding hydrogens is 360 g/mol. The molecule has 0 radical (unpaired) electrons. The van der Waals surface area contributed by atoms with Gasteiger partial charge in [0.25, 0.3) is 5.91 Å². The quantitative estimate of drug-likeness (QED) is 0.744. The number of amides is 1. The van der Waals surface area contributed by atoms with E-state index in [9.17, 15) is 9.59 Å². The minimum absolute atomic E-state index is 0.0822. The van der Waals surface area contributed by atoms with Gasteiger partial charge in [-0.1, -0.05) is 31.9 Å². The number of rotatable bonds is 6. The van der Waals surface area contributed by atoms with E-state index in [1.54, 1.807) is 11.3 Å². The maximum atomic E-state index is 12.7. The van der Waals surface area contributed by atoms with Gasteiger partial charge >= 0.3 is 5.97 Å². The molecule has 1 aromatic carbocycles. The van der Waals surface area contributed by atoms with Gasteiger partial charge in [-0.15, -0.1) is 11.3 Å². The summed E-state index contributed by atoms with van der Waals surface area (Å²) in [5, 5.41) is 3.91. The molecule has 2 aromatic rings. The number of benzene rings is 1. The highest BCUT2D eigenvalue weighted by Gasteiger charge is 2.35. The van der Waals surface area contributed by atoms with Gasteiger partial charge < -0.3 is 10.1 Å². The zero-order valence-corrected chi connectivity index (χ0v) is 17.1. The molecule has 146 valence electrons. The predicted octanol–water partition coefficient (Wildman–Crippen LogP) is 4.42. The van der Waals surface area contributed by atoms with Crippen molar-refractivity contribution >= 4 is 33.4 Å². The smallest absolute Gasteiger partial charge is 0.310 e. The van der Waals surface area contributed by atoms with E-state index in [2.05, 4.69) is 11.4 Å². The first kappa shape index (κ1) is 19.8. The Kier molecular flexibility index (Phi) is 6.15. The summed E-state index contributed by atoms with van der Waals surface area (Å²) in [5.74, 6) is -0.656. The van der Waals surface area contributed by atoms with Crippen LogP contribution in [0.25, 0.3) is 10.2 Å². The first-order valence-corrected chi connectivity index (χ1v) is 10.5. The van der Waals surface area contributed by atoms with Crippen molar-refractivity contribution in [2.75, 3.05) is 6.61 Å². The van der Waals surface area contributed by atoms with Crippen LogP contribution in [0.5, 0.6) is 0 Å². The van der Waals surface area contributed by atoms with Gasteiger partial charge in [-0.2, -0.15) is 0 Å². The second-order valence-electron chi connectivity index (χ2n) is 7.91. The van der Waals surface area contributed by atoms with Crippen molar-refractivity contribution in [3.8, 4) is 0 Å². The Morgan fingerprint density at radius 3 is 2.74 bits per heavy atom. The number of hydrogen-bond acceptors (Lipinski definition) is 5. The number of para-hydroxylation sites is 1. The van der Waals surface area contributed by atoms with Crippen LogP contribution in [0, 0.1) is 5.92 Å². The van der Waals surface area contributed by atoms with Crippen LogP contribution in [0.4, 0.5) is 0 Å². The largest absolute Gasteiger partial charge is 0.455 e. The second-order valence-corrected chi connectivity index (χ2v) is 8.97. The van der Waals surface area contributed by atoms with E-state index in [-0.39, 0.29) is 35.9 Å². The molecule has 1 N–H and O–H groups in total. The number of fused-ring (bicyclic) bond motifs is 1. The zero-order chi connectivity index (χ0) is 19.4. The van der Waals surface area contributed by atoms with Gasteiger partial charge in [0, 0.05) is 11.5 Å². The lowest BCUT2D eigenvalue weighted by atomic mass is 9.79. The summed E-state index contributed by atoms with van der Waals surface area (Å²) in [5.41, 5.74) is 0.689. The van der Waals surface area contributed by atoms with Crippen molar-refractivity contribution in [3.63, 3.8) is 0 Å². The number of ether oxygens (including phenoxy) is 1. The monoisotopic (exact) mass is 388 g/mol. The molecule has 1 amide bonds. The van der Waals surface area contributed by atoms with Crippen LogP contribution in [-0.4, -0.2) is 29.0 Å². The highest BCUT2D eigenvalue weighted by Crippen LogP contribution is 2.41. The standard InChI is InChI=1S/C21H28N2O3S/c1-4-21(2,3)23-18(24)13-26-20(25)15-10-6-5-9-14(15)19-22-16-11-7-8-12-17(16)27-19/h7-8,11-12,14-15H,4-6,9-10,13H2,1-3H3,(H,23,24). The number of nitrogens with zero attached hydrogens (tertiary/aromatic N) is 1. The summed E-state index contributed by atoms with van der Waals surface area (Å²) in [7, 11) is 0. The van der Waals surface area contributed by atoms with E-state index in [0.717, 1.165) is 47.3 Å². The molecule has 27 heavy (non-hydrogen) atoms. The Morgan fingerprint density at radius 2 is 2.00 bits per heavy atom. The second kappa shape index (κ2) is 8.38. The summed E-state index contributed by atoms with van der Waals surface area (Å²) in [6, 6.07) is 8.06. The number of aromatic nitrogens is 1. The molecule has 5 nitrogen and oxygen atoms in total. The van der Waals surface area contributed by atoms with E-state index in [0.29, 0.717) is 0 Å². The molecule has 0 saturated heterocycles. The first-order chi connectivity index (χ1) is 12.9. The van der Waals surface area contributed by atoms with Crippen LogP contribution < -0.4 is 5.32 Å². The molecule has 2 atom stereocenters. The molecule has 1 aliphatic carbocycles. The van der Waals surface area contributed by atoms with Gasteiger partial charge in [-0.3, -0.25) is 9.59 Å². The average Bonchev–Trinajstić information content (AvgIpc) is 3.10. The molecule has 1 saturated carbocycles. The Balaban J connectivity index is 1.66. The van der Waals surface area contributed by atoms with E-state index < -0.39 is 0 Å². The van der Waals surface area contributed by atoms with Crippen LogP contribution in [0.2, 0.25) is 0 Å². The van der Waals surface area contributed by atoms with Crippen LogP contribution in [0.3, 0.4) is 0 Å². The highest BCUT2D eigenvalue weighted by molar-refractivity contribution is 7.18. The van der Waals surface area contributed by atoms with Crippen molar-refractivity contribution in [2.45, 2.75) is 64.3 Å². The minimum atomic E-state index is -0.294. The fourth-order valence-corrected chi connectivity index (χ4v) is 4.67. The summed E-state index contributed by atoms with van der Waals surface area (Å²) in [6.45, 7) is 5.70. The normalized spacial score (nSPS) is 20.4. The molecule has 3 rings (SSSR count). The van der Waals surface area contributed by atoms with Crippen LogP contribution in [-0.2, 0) is 14.3 Å². The van der Waals surface area contributed by atoms with Crippen molar-refractivity contribution < 1.29 is 14.3 Å². The van der Waals surface area contributed by atoms with Crippen molar-refractivity contribution in [2.24, 2.45) is 5.92 Å². The fourth-order valence-electron chi connectivity index (χ4n) is 3.50. The molecule has 0 bridgehead atoms. The van der Waals surface area contributed by atoms with Crippen LogP contribution in [0.1, 0.15) is 63.8 Å². The Hall–Kier alpha value is -1.95. The van der Waals surface area contributed by atoms with Crippen molar-refractivity contribution in [1.29, 1.82) is 0 Å². The summed E-state index contributed by atoms with van der Waals surface area (Å²) >= 11 is 1.66. The van der Waals surface area contributed by atoms with E-state index in [4.69, 9.17) is 9.72 Å². The van der Waals surface area contributed by atoms with Crippen molar-refractivity contribution in [3.05, 3.63) is 29.3 Å². The van der Waals surface area contributed by atoms with Gasteiger partial charge in [0.1, 0.15) is 0 Å². The van der Waals surface area contributed by atoms with Crippen molar-refractivity contribution in [1.82, 2.24) is 10.3 Å². The zero-order valence-electron chi connectivity index (χ0n) is 16.3. The maximum Gasteiger partial charge on any atom is 0.310 e. The molecule has 0 aliphatic heterocycles. The molecule has 6 heteroatoms. The van der Waals surface area contributed by atoms with Gasteiger partial charge in [0.15, 0.2) is 6.61 Å². The molecule has 1 aliphatic rings. The molecule has 1 fully saturated rings. The number of nitrogens with one attached hydrogen (secondary N) is 1. The molecule has 0 spiro atoms. The molecule has 2 unspecified atom stereocenters. The summed E-state index contributed by atoms with van der Waals surface area (Å²) in [4.78, 5) is 29.5. The molecule has 1 aromatic heterocycles. The number of esters is 1. The number of thiazole rings is 1. The van der Waals surface area contributed by atoms with E-state index >= 15 is 0 Å². The van der Waals surface area contributed by atoms with Gasteiger partial charge in [-0.25, -0.2) is 4.98 Å². The number of carbonyl (C=O) groups is 2. The lowest BCUT2D eigenvalue weighted by Gasteiger charge is -2.29. The SMILES string of the molecule is CCC(C)(C)NC(=O)COC(=O)C1CCCCC1c1nc2ccccc2s1. The average molecular weight is 389 g/mol. The first-order valence-electron chi connectivity index (χ1n) is 9.73. The highest BCUT2D eigenvalue weighted by atomic mass is 32.1. The van der Waals surface area contributed by atoms with E-state index in [1.165, 1.54) is 0 Å². The van der Waals surface area contributed by atoms with Gasteiger partial charge in [-0.05, 0) is 45.2 Å². The third kappa shape index (κ3) is 4.86.